The predicted molar refractivity (Wildman–Crippen MR) is 58.1 cm³/mol. The summed E-state index contributed by atoms with van der Waals surface area (Å²) in [6, 6.07) is 0. The molecule has 88 valence electrons. The quantitative estimate of drug-likeness (QED) is 0.686. The van der Waals surface area contributed by atoms with Gasteiger partial charge in [-0.25, -0.2) is 0 Å². The predicted octanol–water partition coefficient (Wildman–Crippen LogP) is 2.62. The smallest absolute Gasteiger partial charge is 0.312 e. The largest absolute Gasteiger partial charge is 0.337 e. The number of carbonyl (C=O) groups excluding carboxylic acids is 1. The molecule has 0 aliphatic heterocycles. The van der Waals surface area contributed by atoms with Gasteiger partial charge in [-0.2, -0.15) is 0 Å². The lowest BCUT2D eigenvalue weighted by Crippen LogP contribution is -2.27. The van der Waals surface area contributed by atoms with Crippen molar-refractivity contribution in [1.82, 2.24) is 0 Å². The maximum Gasteiger partial charge on any atom is 0.337 e. The van der Waals surface area contributed by atoms with Crippen LogP contribution in [-0.4, -0.2) is 26.2 Å². The zero-order chi connectivity index (χ0) is 11.5. The molecule has 0 radical (unpaired) electrons. The van der Waals surface area contributed by atoms with Gasteiger partial charge < -0.3 is 9.05 Å². The highest BCUT2D eigenvalue weighted by Crippen LogP contribution is 2.49. The molecular formula is C10H19O4P. The summed E-state index contributed by atoms with van der Waals surface area (Å²) in [5.74, 6) is 0.00651. The molecule has 0 heterocycles. The molecule has 1 aliphatic rings. The molecule has 0 bridgehead atoms. The van der Waals surface area contributed by atoms with Gasteiger partial charge in [-0.15, -0.1) is 0 Å². The normalized spacial score (nSPS) is 20.5. The van der Waals surface area contributed by atoms with Crippen molar-refractivity contribution < 1.29 is 18.4 Å². The molecule has 15 heavy (non-hydrogen) atoms. The first kappa shape index (κ1) is 12.9. The summed E-state index contributed by atoms with van der Waals surface area (Å²) < 4.78 is 21.3. The Bertz CT molecular complexity index is 273. The summed E-state index contributed by atoms with van der Waals surface area (Å²) in [5.41, 5.74) is -0.313. The van der Waals surface area contributed by atoms with E-state index in [1.807, 2.05) is 6.92 Å². The van der Waals surface area contributed by atoms with Gasteiger partial charge in [-0.05, 0) is 12.8 Å². The molecule has 0 unspecified atom stereocenters. The van der Waals surface area contributed by atoms with Crippen LogP contribution in [0.2, 0.25) is 0 Å². The van der Waals surface area contributed by atoms with E-state index in [1.54, 1.807) is 0 Å². The average molecular weight is 234 g/mol. The number of carbonyl (C=O) groups is 1. The summed E-state index contributed by atoms with van der Waals surface area (Å²) >= 11 is 0. The van der Waals surface area contributed by atoms with Crippen LogP contribution < -0.4 is 0 Å². The lowest BCUT2D eigenvalue weighted by Gasteiger charge is -2.23. The summed E-state index contributed by atoms with van der Waals surface area (Å²) in [6.07, 6.45) is 3.83. The summed E-state index contributed by atoms with van der Waals surface area (Å²) in [5, 5.41) is 0. The molecule has 1 saturated carbocycles. The van der Waals surface area contributed by atoms with Crippen LogP contribution in [0, 0.1) is 5.41 Å². The van der Waals surface area contributed by atoms with Crippen LogP contribution in [0.1, 0.15) is 32.6 Å². The molecule has 0 N–H and O–H groups in total. The van der Waals surface area contributed by atoms with Gasteiger partial charge in [0.05, 0.1) is 0 Å². The van der Waals surface area contributed by atoms with E-state index in [2.05, 4.69) is 0 Å². The highest BCUT2D eigenvalue weighted by atomic mass is 31.2. The molecule has 0 atom stereocenters. The maximum atomic E-state index is 12.0. The molecule has 1 rings (SSSR count). The zero-order valence-electron chi connectivity index (χ0n) is 9.62. The number of ketones is 1. The van der Waals surface area contributed by atoms with Crippen LogP contribution in [0.5, 0.6) is 0 Å². The molecule has 4 nitrogen and oxygen atoms in total. The minimum atomic E-state index is -3.18. The van der Waals surface area contributed by atoms with E-state index in [-0.39, 0.29) is 17.4 Å². The van der Waals surface area contributed by atoms with Crippen LogP contribution in [0.25, 0.3) is 0 Å². The molecular weight excluding hydrogens is 215 g/mol. The maximum absolute atomic E-state index is 12.0. The first-order valence-electron chi connectivity index (χ1n) is 5.20. The molecule has 1 fully saturated rings. The molecule has 0 spiro atoms. The fraction of sp³-hybridized carbons (Fsp3) is 0.900. The van der Waals surface area contributed by atoms with Gasteiger partial charge in [0.1, 0.15) is 6.16 Å². The minimum absolute atomic E-state index is 0.00651. The van der Waals surface area contributed by atoms with Crippen molar-refractivity contribution in [3.8, 4) is 0 Å². The highest BCUT2D eigenvalue weighted by molar-refractivity contribution is 7.54. The van der Waals surface area contributed by atoms with Crippen molar-refractivity contribution in [3.63, 3.8) is 0 Å². The van der Waals surface area contributed by atoms with Gasteiger partial charge >= 0.3 is 7.60 Å². The Kier molecular flexibility index (Phi) is 4.10. The monoisotopic (exact) mass is 234 g/mol. The third-order valence-electron chi connectivity index (χ3n) is 3.27. The van der Waals surface area contributed by atoms with E-state index in [9.17, 15) is 9.36 Å². The fourth-order valence-corrected chi connectivity index (χ4v) is 3.15. The third kappa shape index (κ3) is 2.90. The first-order valence-corrected chi connectivity index (χ1v) is 6.92. The average Bonchev–Trinajstić information content (AvgIpc) is 2.66. The van der Waals surface area contributed by atoms with Gasteiger partial charge in [-0.3, -0.25) is 9.36 Å². The Morgan fingerprint density at radius 1 is 1.27 bits per heavy atom. The van der Waals surface area contributed by atoms with E-state index < -0.39 is 7.60 Å². The SMILES string of the molecule is COP(=O)(CC(=O)C1(C)CCCC1)OC. The molecule has 0 saturated heterocycles. The van der Waals surface area contributed by atoms with E-state index in [0.29, 0.717) is 0 Å². The van der Waals surface area contributed by atoms with E-state index >= 15 is 0 Å². The second-order valence-corrected chi connectivity index (χ2v) is 6.59. The van der Waals surface area contributed by atoms with E-state index in [4.69, 9.17) is 9.05 Å². The van der Waals surface area contributed by atoms with Crippen LogP contribution in [-0.2, 0) is 18.4 Å². The van der Waals surface area contributed by atoms with Crippen molar-refractivity contribution in [2.45, 2.75) is 32.6 Å². The van der Waals surface area contributed by atoms with Crippen molar-refractivity contribution >= 4 is 13.4 Å². The van der Waals surface area contributed by atoms with Crippen LogP contribution in [0.4, 0.5) is 0 Å². The van der Waals surface area contributed by atoms with Crippen LogP contribution in [0.3, 0.4) is 0 Å². The van der Waals surface area contributed by atoms with Gasteiger partial charge in [-0.1, -0.05) is 19.8 Å². The second kappa shape index (κ2) is 4.77. The first-order chi connectivity index (χ1) is 6.96. The highest BCUT2D eigenvalue weighted by Gasteiger charge is 2.40. The van der Waals surface area contributed by atoms with Crippen LogP contribution >= 0.6 is 7.60 Å². The Morgan fingerprint density at radius 2 is 1.73 bits per heavy atom. The Labute approximate surface area is 90.9 Å². The van der Waals surface area contributed by atoms with Gasteiger partial charge in [0.25, 0.3) is 0 Å². The number of Topliss-reactive ketones (excluding diaryl/α,β-unsaturated/α-hetero) is 1. The summed E-state index contributed by atoms with van der Waals surface area (Å²) in [4.78, 5) is 12.0. The fourth-order valence-electron chi connectivity index (χ4n) is 2.00. The lowest BCUT2D eigenvalue weighted by atomic mass is 9.85. The Morgan fingerprint density at radius 3 is 2.13 bits per heavy atom. The number of hydrogen-bond acceptors (Lipinski definition) is 4. The standard InChI is InChI=1S/C10H19O4P/c1-10(6-4-5-7-10)9(11)8-15(12,13-2)14-3/h4-8H2,1-3H3. The van der Waals surface area contributed by atoms with E-state index in [0.717, 1.165) is 25.7 Å². The van der Waals surface area contributed by atoms with E-state index in [1.165, 1.54) is 14.2 Å². The van der Waals surface area contributed by atoms with Gasteiger partial charge in [0, 0.05) is 19.6 Å². The topological polar surface area (TPSA) is 52.6 Å². The van der Waals surface area contributed by atoms with Crippen molar-refractivity contribution in [2.75, 3.05) is 20.4 Å². The summed E-state index contributed by atoms with van der Waals surface area (Å²) in [6.45, 7) is 1.94. The number of rotatable bonds is 5. The molecule has 5 heteroatoms. The molecule has 1 aliphatic carbocycles. The van der Waals surface area contributed by atoms with Crippen molar-refractivity contribution in [1.29, 1.82) is 0 Å². The van der Waals surface area contributed by atoms with Crippen molar-refractivity contribution in [2.24, 2.45) is 5.41 Å². The van der Waals surface area contributed by atoms with Gasteiger partial charge in [0.2, 0.25) is 0 Å². The molecule has 0 amide bonds. The van der Waals surface area contributed by atoms with Gasteiger partial charge in [0.15, 0.2) is 5.78 Å². The van der Waals surface area contributed by atoms with Crippen LogP contribution in [0.15, 0.2) is 0 Å². The minimum Gasteiger partial charge on any atom is -0.312 e. The Balaban J connectivity index is 2.66. The third-order valence-corrected chi connectivity index (χ3v) is 5.06. The summed E-state index contributed by atoms with van der Waals surface area (Å²) in [7, 11) is -0.554. The molecule has 0 aromatic carbocycles. The Hall–Kier alpha value is -0.180. The van der Waals surface area contributed by atoms with Crippen molar-refractivity contribution in [3.05, 3.63) is 0 Å². The number of hydrogen-bond donors (Lipinski definition) is 0. The second-order valence-electron chi connectivity index (χ2n) is 4.33. The molecule has 0 aromatic heterocycles. The lowest BCUT2D eigenvalue weighted by molar-refractivity contribution is -0.125. The zero-order valence-corrected chi connectivity index (χ0v) is 10.5. The molecule has 0 aromatic rings.